The van der Waals surface area contributed by atoms with Crippen LogP contribution in [0.5, 0.6) is 0 Å². The topological polar surface area (TPSA) is 70.9 Å². The number of hydrogen-bond donors (Lipinski definition) is 2. The van der Waals surface area contributed by atoms with Gasteiger partial charge in [-0.15, -0.1) is 0 Å². The molecule has 0 aliphatic heterocycles. The zero-order chi connectivity index (χ0) is 15.1. The number of nitrogens with one attached hydrogen (secondary N) is 1. The Morgan fingerprint density at radius 3 is 2.71 bits per heavy atom. The van der Waals surface area contributed by atoms with E-state index in [0.717, 1.165) is 30.0 Å². The van der Waals surface area contributed by atoms with Crippen LogP contribution >= 0.6 is 0 Å². The van der Waals surface area contributed by atoms with Gasteiger partial charge in [0.1, 0.15) is 11.5 Å². The maximum atomic E-state index is 9.10. The van der Waals surface area contributed by atoms with Gasteiger partial charge in [0, 0.05) is 30.6 Å². The average molecular weight is 286 g/mol. The number of nitrogens with zero attached hydrogens (tertiary/aromatic N) is 3. The summed E-state index contributed by atoms with van der Waals surface area (Å²) in [5.41, 5.74) is 1.75. The van der Waals surface area contributed by atoms with E-state index in [2.05, 4.69) is 34.1 Å². The fourth-order valence-corrected chi connectivity index (χ4v) is 2.11. The Labute approximate surface area is 125 Å². The summed E-state index contributed by atoms with van der Waals surface area (Å²) in [5, 5.41) is 12.5. The summed E-state index contributed by atoms with van der Waals surface area (Å²) in [5.74, 6) is 1.43. The third-order valence-electron chi connectivity index (χ3n) is 3.36. The SMILES string of the molecule is CCc1cc(NC(CC)CCO)nc(-c2ccccn2)n1. The van der Waals surface area contributed by atoms with E-state index in [1.165, 1.54) is 0 Å². The van der Waals surface area contributed by atoms with E-state index >= 15 is 0 Å². The Morgan fingerprint density at radius 2 is 2.10 bits per heavy atom. The van der Waals surface area contributed by atoms with Crippen molar-refractivity contribution in [3.63, 3.8) is 0 Å². The molecule has 5 nitrogen and oxygen atoms in total. The van der Waals surface area contributed by atoms with Crippen molar-refractivity contribution in [2.75, 3.05) is 11.9 Å². The third-order valence-corrected chi connectivity index (χ3v) is 3.36. The normalized spacial score (nSPS) is 12.1. The number of aryl methyl sites for hydroxylation is 1. The molecule has 0 amide bonds. The third kappa shape index (κ3) is 4.23. The lowest BCUT2D eigenvalue weighted by Gasteiger charge is -2.17. The van der Waals surface area contributed by atoms with Crippen LogP contribution in [-0.4, -0.2) is 32.7 Å². The van der Waals surface area contributed by atoms with Crippen LogP contribution in [0.25, 0.3) is 11.5 Å². The van der Waals surface area contributed by atoms with E-state index in [1.807, 2.05) is 24.3 Å². The lowest BCUT2D eigenvalue weighted by molar-refractivity contribution is 0.278. The smallest absolute Gasteiger partial charge is 0.180 e. The first kappa shape index (κ1) is 15.4. The Hall–Kier alpha value is -2.01. The number of hydrogen-bond acceptors (Lipinski definition) is 5. The molecule has 0 spiro atoms. The molecule has 2 N–H and O–H groups in total. The molecule has 21 heavy (non-hydrogen) atoms. The number of aliphatic hydroxyl groups excluding tert-OH is 1. The highest BCUT2D eigenvalue weighted by Gasteiger charge is 2.10. The molecule has 0 radical (unpaired) electrons. The molecule has 112 valence electrons. The second-order valence-electron chi connectivity index (χ2n) is 4.90. The van der Waals surface area contributed by atoms with Crippen LogP contribution in [0, 0.1) is 0 Å². The summed E-state index contributed by atoms with van der Waals surface area (Å²) in [4.78, 5) is 13.4. The summed E-state index contributed by atoms with van der Waals surface area (Å²) in [7, 11) is 0. The molecule has 2 rings (SSSR count). The predicted molar refractivity (Wildman–Crippen MR) is 84.0 cm³/mol. The minimum atomic E-state index is 0.171. The van der Waals surface area contributed by atoms with Gasteiger partial charge in [0.25, 0.3) is 0 Å². The Morgan fingerprint density at radius 1 is 1.24 bits per heavy atom. The quantitative estimate of drug-likeness (QED) is 0.819. The maximum absolute atomic E-state index is 9.10. The first-order valence-corrected chi connectivity index (χ1v) is 7.43. The fourth-order valence-electron chi connectivity index (χ4n) is 2.11. The molecule has 1 atom stereocenters. The second kappa shape index (κ2) is 7.69. The van der Waals surface area contributed by atoms with Crippen molar-refractivity contribution in [1.29, 1.82) is 0 Å². The lowest BCUT2D eigenvalue weighted by Crippen LogP contribution is -2.21. The zero-order valence-corrected chi connectivity index (χ0v) is 12.6. The van der Waals surface area contributed by atoms with Gasteiger partial charge in [-0.25, -0.2) is 9.97 Å². The summed E-state index contributed by atoms with van der Waals surface area (Å²) in [6.07, 6.45) is 4.23. The highest BCUT2D eigenvalue weighted by atomic mass is 16.3. The minimum absolute atomic E-state index is 0.171. The predicted octanol–water partition coefficient (Wildman–Crippen LogP) is 2.67. The molecular formula is C16H22N4O. The molecular weight excluding hydrogens is 264 g/mol. The molecule has 0 saturated heterocycles. The van der Waals surface area contributed by atoms with Crippen molar-refractivity contribution in [1.82, 2.24) is 15.0 Å². The largest absolute Gasteiger partial charge is 0.396 e. The van der Waals surface area contributed by atoms with Crippen LogP contribution in [0.4, 0.5) is 5.82 Å². The lowest BCUT2D eigenvalue weighted by atomic mass is 10.1. The van der Waals surface area contributed by atoms with Crippen LogP contribution in [0.2, 0.25) is 0 Å². The van der Waals surface area contributed by atoms with Gasteiger partial charge in [0.05, 0.1) is 0 Å². The van der Waals surface area contributed by atoms with Crippen molar-refractivity contribution in [2.24, 2.45) is 0 Å². The van der Waals surface area contributed by atoms with E-state index in [0.29, 0.717) is 12.2 Å². The summed E-state index contributed by atoms with van der Waals surface area (Å²) < 4.78 is 0. The molecule has 2 aromatic rings. The molecule has 0 fully saturated rings. The van der Waals surface area contributed by atoms with Crippen molar-refractivity contribution in [3.05, 3.63) is 36.2 Å². The van der Waals surface area contributed by atoms with E-state index in [9.17, 15) is 0 Å². The van der Waals surface area contributed by atoms with Gasteiger partial charge in [-0.2, -0.15) is 0 Å². The Kier molecular flexibility index (Phi) is 5.63. The van der Waals surface area contributed by atoms with Gasteiger partial charge in [-0.3, -0.25) is 4.98 Å². The van der Waals surface area contributed by atoms with E-state index in [4.69, 9.17) is 5.11 Å². The Bertz CT molecular complexity index is 559. The Balaban J connectivity index is 2.29. The molecule has 0 aromatic carbocycles. The minimum Gasteiger partial charge on any atom is -0.396 e. The molecule has 2 heterocycles. The zero-order valence-electron chi connectivity index (χ0n) is 12.6. The van der Waals surface area contributed by atoms with Gasteiger partial charge in [0.2, 0.25) is 0 Å². The van der Waals surface area contributed by atoms with Crippen molar-refractivity contribution in [3.8, 4) is 11.5 Å². The first-order valence-electron chi connectivity index (χ1n) is 7.43. The molecule has 1 unspecified atom stereocenters. The number of pyridine rings is 1. The van der Waals surface area contributed by atoms with Crippen molar-refractivity contribution in [2.45, 2.75) is 39.2 Å². The number of aliphatic hydroxyl groups is 1. The molecule has 5 heteroatoms. The van der Waals surface area contributed by atoms with Crippen LogP contribution < -0.4 is 5.32 Å². The summed E-state index contributed by atoms with van der Waals surface area (Å²) in [6, 6.07) is 7.89. The van der Waals surface area contributed by atoms with Gasteiger partial charge in [-0.05, 0) is 31.4 Å². The summed E-state index contributed by atoms with van der Waals surface area (Å²) >= 11 is 0. The van der Waals surface area contributed by atoms with Gasteiger partial charge in [0.15, 0.2) is 5.82 Å². The maximum Gasteiger partial charge on any atom is 0.180 e. The monoisotopic (exact) mass is 286 g/mol. The van der Waals surface area contributed by atoms with Crippen LogP contribution in [0.15, 0.2) is 30.5 Å². The highest BCUT2D eigenvalue weighted by Crippen LogP contribution is 2.17. The van der Waals surface area contributed by atoms with E-state index < -0.39 is 0 Å². The first-order chi connectivity index (χ1) is 10.3. The van der Waals surface area contributed by atoms with Crippen molar-refractivity contribution < 1.29 is 5.11 Å². The van der Waals surface area contributed by atoms with Gasteiger partial charge < -0.3 is 10.4 Å². The molecule has 0 aliphatic rings. The molecule has 0 saturated carbocycles. The van der Waals surface area contributed by atoms with Gasteiger partial charge >= 0.3 is 0 Å². The number of anilines is 1. The number of rotatable bonds is 7. The second-order valence-corrected chi connectivity index (χ2v) is 4.90. The fraction of sp³-hybridized carbons (Fsp3) is 0.438. The van der Waals surface area contributed by atoms with E-state index in [1.54, 1.807) is 6.20 Å². The van der Waals surface area contributed by atoms with Crippen molar-refractivity contribution >= 4 is 5.82 Å². The molecule has 0 aliphatic carbocycles. The summed E-state index contributed by atoms with van der Waals surface area (Å²) in [6.45, 7) is 4.33. The van der Waals surface area contributed by atoms with Gasteiger partial charge in [-0.1, -0.05) is 19.9 Å². The molecule has 0 bridgehead atoms. The highest BCUT2D eigenvalue weighted by molar-refractivity contribution is 5.53. The van der Waals surface area contributed by atoms with Crippen LogP contribution in [0.3, 0.4) is 0 Å². The standard InChI is InChI=1S/C16H22N4O/c1-3-12(8-10-21)18-15-11-13(4-2)19-16(20-15)14-7-5-6-9-17-14/h5-7,9,11-12,21H,3-4,8,10H2,1-2H3,(H,18,19,20). The molecule has 2 aromatic heterocycles. The van der Waals surface area contributed by atoms with Crippen LogP contribution in [-0.2, 0) is 6.42 Å². The average Bonchev–Trinajstić information content (AvgIpc) is 2.55. The van der Waals surface area contributed by atoms with Crippen LogP contribution in [0.1, 0.15) is 32.4 Å². The number of aromatic nitrogens is 3. The van der Waals surface area contributed by atoms with E-state index in [-0.39, 0.29) is 12.6 Å².